The first-order chi connectivity index (χ1) is 14.2. The van der Waals surface area contributed by atoms with Crippen LogP contribution in [0.1, 0.15) is 66.3 Å². The van der Waals surface area contributed by atoms with Gasteiger partial charge in [0.2, 0.25) is 0 Å². The molecule has 2 aromatic rings. The largest absolute Gasteiger partial charge is 0.573 e. The van der Waals surface area contributed by atoms with Gasteiger partial charge in [-0.2, -0.15) is 0 Å². The number of alkyl halides is 3. The van der Waals surface area contributed by atoms with E-state index in [-0.39, 0.29) is 23.7 Å². The second kappa shape index (κ2) is 7.89. The lowest BCUT2D eigenvalue weighted by Crippen LogP contribution is -2.55. The average molecular weight is 419 g/mol. The Bertz CT molecular complexity index is 918. The average Bonchev–Trinajstić information content (AvgIpc) is 3.50. The van der Waals surface area contributed by atoms with Crippen LogP contribution in [0.2, 0.25) is 0 Å². The Kier molecular flexibility index (Phi) is 5.42. The first-order valence-corrected chi connectivity index (χ1v) is 10.2. The number of halogens is 3. The smallest absolute Gasteiger partial charge is 0.406 e. The van der Waals surface area contributed by atoms with Crippen LogP contribution in [-0.2, 0) is 12.8 Å². The Morgan fingerprint density at radius 3 is 2.33 bits per heavy atom. The molecule has 0 N–H and O–H groups in total. The van der Waals surface area contributed by atoms with Crippen LogP contribution < -0.4 is 4.74 Å². The van der Waals surface area contributed by atoms with Crippen LogP contribution in [0.25, 0.3) is 0 Å². The van der Waals surface area contributed by atoms with Crippen molar-refractivity contribution in [2.24, 2.45) is 0 Å². The van der Waals surface area contributed by atoms with Gasteiger partial charge in [0.15, 0.2) is 0 Å². The zero-order chi connectivity index (χ0) is 21.5. The van der Waals surface area contributed by atoms with Gasteiger partial charge in [0.05, 0.1) is 5.56 Å². The normalized spacial score (nSPS) is 21.3. The van der Waals surface area contributed by atoms with Gasteiger partial charge in [-0.05, 0) is 68.7 Å². The third-order valence-corrected chi connectivity index (χ3v) is 5.73. The van der Waals surface area contributed by atoms with E-state index in [1.54, 1.807) is 0 Å². The van der Waals surface area contributed by atoms with Crippen LogP contribution in [0.3, 0.4) is 0 Å². The number of aromatic nitrogens is 2. The molecule has 8 heteroatoms. The molecule has 2 aliphatic rings. The molecular formula is C22H24F3N3O2. The summed E-state index contributed by atoms with van der Waals surface area (Å²) in [6, 6.07) is 5.27. The van der Waals surface area contributed by atoms with Crippen LogP contribution >= 0.6 is 0 Å². The number of aryl methyl sites for hydroxylation is 2. The highest BCUT2D eigenvalue weighted by molar-refractivity contribution is 5.94. The van der Waals surface area contributed by atoms with E-state index in [1.807, 2.05) is 24.8 Å². The van der Waals surface area contributed by atoms with Gasteiger partial charge in [-0.25, -0.2) is 9.97 Å². The molecule has 5 nitrogen and oxygen atoms in total. The summed E-state index contributed by atoms with van der Waals surface area (Å²) < 4.78 is 42.0. The van der Waals surface area contributed by atoms with Gasteiger partial charge >= 0.3 is 6.36 Å². The minimum atomic E-state index is -4.71. The zero-order valence-electron chi connectivity index (χ0n) is 16.9. The number of rotatable bonds is 6. The van der Waals surface area contributed by atoms with Crippen molar-refractivity contribution in [1.29, 1.82) is 0 Å². The number of amides is 1. The molecule has 1 aromatic heterocycles. The standard InChI is InChI=1S/C22H24F3N3O2/c1-13-7-14(2)28(13)21(29)18-11-26-20(27-12-18)6-3-15-8-17(16-4-5-16)10-19(9-15)30-22(23,24)25/h8-14,16H,3-7H2,1-2H3/t13-,14-/m1/s1. The van der Waals surface area contributed by atoms with Crippen molar-refractivity contribution in [3.05, 3.63) is 53.1 Å². The van der Waals surface area contributed by atoms with Crippen molar-refractivity contribution in [3.8, 4) is 5.75 Å². The Morgan fingerprint density at radius 2 is 1.77 bits per heavy atom. The van der Waals surface area contributed by atoms with Gasteiger partial charge in [0.25, 0.3) is 5.91 Å². The maximum atomic E-state index is 12.6. The number of hydrogen-bond acceptors (Lipinski definition) is 4. The summed E-state index contributed by atoms with van der Waals surface area (Å²) in [5.41, 5.74) is 2.09. The fraction of sp³-hybridized carbons (Fsp3) is 0.500. The molecule has 1 aromatic carbocycles. The van der Waals surface area contributed by atoms with Gasteiger partial charge < -0.3 is 9.64 Å². The van der Waals surface area contributed by atoms with Gasteiger partial charge in [-0.15, -0.1) is 13.2 Å². The van der Waals surface area contributed by atoms with Crippen molar-refractivity contribution >= 4 is 5.91 Å². The molecule has 160 valence electrons. The second-order valence-corrected chi connectivity index (χ2v) is 8.27. The molecule has 2 fully saturated rings. The first kappa shape index (κ1) is 20.6. The van der Waals surface area contributed by atoms with E-state index in [1.165, 1.54) is 24.5 Å². The predicted molar refractivity (Wildman–Crippen MR) is 104 cm³/mol. The predicted octanol–water partition coefficient (Wildman–Crippen LogP) is 4.66. The van der Waals surface area contributed by atoms with E-state index in [4.69, 9.17) is 0 Å². The van der Waals surface area contributed by atoms with E-state index in [2.05, 4.69) is 14.7 Å². The number of likely N-dealkylation sites (tertiary alicyclic amines) is 1. The summed E-state index contributed by atoms with van der Waals surface area (Å²) in [6.07, 6.45) is 2.26. The van der Waals surface area contributed by atoms with Crippen LogP contribution in [0, 0.1) is 0 Å². The molecule has 0 unspecified atom stereocenters. The number of hydrogen-bond donors (Lipinski definition) is 0. The number of ether oxygens (including phenoxy) is 1. The number of carbonyl (C=O) groups is 1. The van der Waals surface area contributed by atoms with Crippen LogP contribution in [-0.4, -0.2) is 39.2 Å². The van der Waals surface area contributed by atoms with Crippen molar-refractivity contribution < 1.29 is 22.7 Å². The fourth-order valence-corrected chi connectivity index (χ4v) is 4.09. The van der Waals surface area contributed by atoms with E-state index in [9.17, 15) is 18.0 Å². The summed E-state index contributed by atoms with van der Waals surface area (Å²) in [7, 11) is 0. The second-order valence-electron chi connectivity index (χ2n) is 8.27. The molecular weight excluding hydrogens is 395 g/mol. The third kappa shape index (κ3) is 4.74. The molecule has 1 amide bonds. The van der Waals surface area contributed by atoms with Gasteiger partial charge in [-0.3, -0.25) is 4.79 Å². The monoisotopic (exact) mass is 419 g/mol. The number of benzene rings is 1. The van der Waals surface area contributed by atoms with Gasteiger partial charge in [0, 0.05) is 30.9 Å². The van der Waals surface area contributed by atoms with Crippen LogP contribution in [0.5, 0.6) is 5.75 Å². The summed E-state index contributed by atoms with van der Waals surface area (Å²) in [4.78, 5) is 22.9. The summed E-state index contributed by atoms with van der Waals surface area (Å²) >= 11 is 0. The Hall–Kier alpha value is -2.64. The molecule has 2 heterocycles. The lowest BCUT2D eigenvalue weighted by atomic mass is 9.95. The van der Waals surface area contributed by atoms with Crippen LogP contribution in [0.15, 0.2) is 30.6 Å². The fourth-order valence-electron chi connectivity index (χ4n) is 4.09. The summed E-state index contributed by atoms with van der Waals surface area (Å²) in [5.74, 6) is 0.611. The van der Waals surface area contributed by atoms with E-state index >= 15 is 0 Å². The lowest BCUT2D eigenvalue weighted by Gasteiger charge is -2.45. The minimum absolute atomic E-state index is 0.0705. The van der Waals surface area contributed by atoms with E-state index in [0.29, 0.717) is 30.1 Å². The lowest BCUT2D eigenvalue weighted by molar-refractivity contribution is -0.274. The Balaban J connectivity index is 1.42. The van der Waals surface area contributed by atoms with Crippen molar-refractivity contribution in [2.75, 3.05) is 0 Å². The molecule has 0 spiro atoms. The molecule has 0 bridgehead atoms. The van der Waals surface area contributed by atoms with Crippen molar-refractivity contribution in [3.63, 3.8) is 0 Å². The summed E-state index contributed by atoms with van der Waals surface area (Å²) in [6.45, 7) is 4.03. The highest BCUT2D eigenvalue weighted by Crippen LogP contribution is 2.42. The quantitative estimate of drug-likeness (QED) is 0.683. The maximum absolute atomic E-state index is 12.6. The van der Waals surface area contributed by atoms with Crippen LogP contribution in [0.4, 0.5) is 13.2 Å². The number of nitrogens with zero attached hydrogens (tertiary/aromatic N) is 3. The van der Waals surface area contributed by atoms with Gasteiger partial charge in [0.1, 0.15) is 11.6 Å². The third-order valence-electron chi connectivity index (χ3n) is 5.73. The maximum Gasteiger partial charge on any atom is 0.573 e. The summed E-state index contributed by atoms with van der Waals surface area (Å²) in [5, 5.41) is 0. The molecule has 1 aliphatic heterocycles. The Labute approximate surface area is 173 Å². The van der Waals surface area contributed by atoms with Gasteiger partial charge in [-0.1, -0.05) is 6.07 Å². The number of carbonyl (C=O) groups excluding carboxylic acids is 1. The molecule has 0 radical (unpaired) electrons. The molecule has 1 saturated carbocycles. The molecule has 1 saturated heterocycles. The molecule has 1 aliphatic carbocycles. The molecule has 4 rings (SSSR count). The van der Waals surface area contributed by atoms with Crippen molar-refractivity contribution in [2.45, 2.75) is 70.3 Å². The van der Waals surface area contributed by atoms with Crippen molar-refractivity contribution in [1.82, 2.24) is 14.9 Å². The molecule has 2 atom stereocenters. The first-order valence-electron chi connectivity index (χ1n) is 10.2. The highest BCUT2D eigenvalue weighted by atomic mass is 19.4. The highest BCUT2D eigenvalue weighted by Gasteiger charge is 2.36. The minimum Gasteiger partial charge on any atom is -0.406 e. The Morgan fingerprint density at radius 1 is 1.10 bits per heavy atom. The van der Waals surface area contributed by atoms with E-state index in [0.717, 1.165) is 30.4 Å². The SMILES string of the molecule is C[C@@H]1C[C@@H](C)N1C(=O)c1cnc(CCc2cc(OC(F)(F)F)cc(C3CC3)c2)nc1. The van der Waals surface area contributed by atoms with E-state index < -0.39 is 6.36 Å². The topological polar surface area (TPSA) is 55.3 Å². The molecule has 30 heavy (non-hydrogen) atoms. The zero-order valence-corrected chi connectivity index (χ0v) is 16.9.